The number of rotatable bonds is 4. The molecule has 0 saturated carbocycles. The van der Waals surface area contributed by atoms with Gasteiger partial charge >= 0.3 is 5.97 Å². The van der Waals surface area contributed by atoms with E-state index < -0.39 is 5.60 Å². The number of hydrogen-bond donors (Lipinski definition) is 1. The second-order valence-electron chi connectivity index (χ2n) is 5.28. The largest absolute Gasteiger partial charge is 0.460 e. The molecule has 0 heterocycles. The van der Waals surface area contributed by atoms with Crippen LogP contribution in [0.1, 0.15) is 38.3 Å². The van der Waals surface area contributed by atoms with E-state index in [2.05, 4.69) is 21.1 Å². The number of carbonyl (C=O) groups excluding carboxylic acids is 1. The Kier molecular flexibility index (Phi) is 6.02. The minimum absolute atomic E-state index is 0.0102. The van der Waals surface area contributed by atoms with Crippen molar-refractivity contribution in [2.24, 2.45) is 5.16 Å². The number of hydrogen-bond acceptors (Lipinski definition) is 4. The van der Waals surface area contributed by atoms with Crippen LogP contribution in [-0.4, -0.2) is 21.9 Å². The van der Waals surface area contributed by atoms with Crippen LogP contribution in [-0.2, 0) is 16.0 Å². The highest BCUT2D eigenvalue weighted by molar-refractivity contribution is 9.10. The fraction of sp³-hybridized carbons (Fsp3) is 0.429. The van der Waals surface area contributed by atoms with Crippen LogP contribution in [0.15, 0.2) is 27.8 Å². The highest BCUT2D eigenvalue weighted by Crippen LogP contribution is 2.21. The third kappa shape index (κ3) is 5.51. The van der Waals surface area contributed by atoms with Crippen molar-refractivity contribution in [3.05, 3.63) is 33.8 Å². The van der Waals surface area contributed by atoms with E-state index in [0.717, 1.165) is 10.0 Å². The van der Waals surface area contributed by atoms with Crippen LogP contribution in [0, 0.1) is 0 Å². The molecule has 0 aromatic heterocycles. The summed E-state index contributed by atoms with van der Waals surface area (Å²) in [5.74, 6) is -0.253. The lowest BCUT2D eigenvalue weighted by molar-refractivity contribution is -0.154. The van der Waals surface area contributed by atoms with Gasteiger partial charge in [0.15, 0.2) is 5.17 Å². The van der Waals surface area contributed by atoms with Gasteiger partial charge in [-0.1, -0.05) is 38.8 Å². The Morgan fingerprint density at radius 2 is 2.10 bits per heavy atom. The Labute approximate surface area is 131 Å². The maximum absolute atomic E-state index is 11.7. The molecule has 1 aromatic rings. The molecule has 1 N–H and O–H groups in total. The number of halogens is 2. The van der Waals surface area contributed by atoms with E-state index in [4.69, 9.17) is 21.5 Å². The van der Waals surface area contributed by atoms with Crippen LogP contribution >= 0.6 is 27.5 Å². The van der Waals surface area contributed by atoms with Crippen molar-refractivity contribution >= 4 is 38.7 Å². The third-order valence-electron chi connectivity index (χ3n) is 2.39. The second-order valence-corrected chi connectivity index (χ2v) is 6.50. The lowest BCUT2D eigenvalue weighted by atomic mass is 10.1. The van der Waals surface area contributed by atoms with E-state index in [-0.39, 0.29) is 17.6 Å². The summed E-state index contributed by atoms with van der Waals surface area (Å²) in [5.41, 5.74) is 1.01. The molecule has 6 heteroatoms. The molecule has 0 bridgehead atoms. The molecule has 0 fully saturated rings. The highest BCUT2D eigenvalue weighted by Gasteiger charge is 2.16. The van der Waals surface area contributed by atoms with Gasteiger partial charge in [-0.3, -0.25) is 4.79 Å². The lowest BCUT2D eigenvalue weighted by Gasteiger charge is -2.19. The number of esters is 1. The predicted molar refractivity (Wildman–Crippen MR) is 82.5 cm³/mol. The number of benzene rings is 1. The van der Waals surface area contributed by atoms with Gasteiger partial charge in [0.1, 0.15) is 5.60 Å². The Morgan fingerprint density at radius 3 is 2.65 bits per heavy atom. The lowest BCUT2D eigenvalue weighted by Crippen LogP contribution is -2.24. The van der Waals surface area contributed by atoms with Gasteiger partial charge in [-0.2, -0.15) is 0 Å². The minimum atomic E-state index is -0.483. The van der Waals surface area contributed by atoms with Crippen LogP contribution in [0.3, 0.4) is 0 Å². The van der Waals surface area contributed by atoms with Crippen molar-refractivity contribution in [2.75, 3.05) is 0 Å². The minimum Gasteiger partial charge on any atom is -0.460 e. The molecule has 110 valence electrons. The molecular formula is C14H17BrClNO3. The molecule has 0 radical (unpaired) electrons. The molecule has 0 aliphatic carbocycles. The van der Waals surface area contributed by atoms with Crippen LogP contribution in [0.4, 0.5) is 0 Å². The first-order valence-electron chi connectivity index (χ1n) is 6.11. The van der Waals surface area contributed by atoms with Crippen molar-refractivity contribution in [3.63, 3.8) is 0 Å². The zero-order valence-corrected chi connectivity index (χ0v) is 14.0. The van der Waals surface area contributed by atoms with Gasteiger partial charge < -0.3 is 9.94 Å². The van der Waals surface area contributed by atoms with Crippen molar-refractivity contribution < 1.29 is 14.7 Å². The molecule has 1 rings (SSSR count). The van der Waals surface area contributed by atoms with E-state index in [1.807, 2.05) is 20.8 Å². The van der Waals surface area contributed by atoms with Crippen LogP contribution < -0.4 is 0 Å². The summed E-state index contributed by atoms with van der Waals surface area (Å²) in [4.78, 5) is 11.7. The number of carbonyl (C=O) groups is 1. The Hall–Kier alpha value is -1.07. The normalized spacial score (nSPS) is 12.3. The smallest absolute Gasteiger partial charge is 0.306 e. The zero-order valence-electron chi connectivity index (χ0n) is 11.6. The average molecular weight is 363 g/mol. The quantitative estimate of drug-likeness (QED) is 0.380. The molecule has 0 atom stereocenters. The standard InChI is InChI=1S/C14H17BrClNO3/c1-14(2,3)20-12(18)7-5-9-8-10(13(16)17-19)4-6-11(9)15/h4,6,8,19H,5,7H2,1-3H3/b17-13-. The van der Waals surface area contributed by atoms with Crippen LogP contribution in [0.5, 0.6) is 0 Å². The molecule has 4 nitrogen and oxygen atoms in total. The van der Waals surface area contributed by atoms with Gasteiger partial charge in [-0.25, -0.2) is 0 Å². The van der Waals surface area contributed by atoms with Gasteiger partial charge in [0.25, 0.3) is 0 Å². The van der Waals surface area contributed by atoms with E-state index in [0.29, 0.717) is 12.0 Å². The molecular weight excluding hydrogens is 346 g/mol. The first-order chi connectivity index (χ1) is 9.23. The van der Waals surface area contributed by atoms with Crippen LogP contribution in [0.25, 0.3) is 0 Å². The summed E-state index contributed by atoms with van der Waals surface area (Å²) >= 11 is 9.17. The summed E-state index contributed by atoms with van der Waals surface area (Å²) in [6.45, 7) is 5.50. The molecule has 1 aromatic carbocycles. The van der Waals surface area contributed by atoms with E-state index in [9.17, 15) is 4.79 Å². The van der Waals surface area contributed by atoms with Crippen molar-refractivity contribution in [3.8, 4) is 0 Å². The van der Waals surface area contributed by atoms with E-state index >= 15 is 0 Å². The highest BCUT2D eigenvalue weighted by atomic mass is 79.9. The number of ether oxygens (including phenoxy) is 1. The van der Waals surface area contributed by atoms with Gasteiger partial charge in [0.05, 0.1) is 0 Å². The maximum Gasteiger partial charge on any atom is 0.306 e. The van der Waals surface area contributed by atoms with Gasteiger partial charge in [0, 0.05) is 16.5 Å². The van der Waals surface area contributed by atoms with Crippen LogP contribution in [0.2, 0.25) is 0 Å². The summed E-state index contributed by atoms with van der Waals surface area (Å²) in [6.07, 6.45) is 0.784. The summed E-state index contributed by atoms with van der Waals surface area (Å²) < 4.78 is 6.12. The van der Waals surface area contributed by atoms with Gasteiger partial charge in [0.2, 0.25) is 0 Å². The summed E-state index contributed by atoms with van der Waals surface area (Å²) in [5, 5.41) is 11.6. The Bertz CT molecular complexity index is 524. The van der Waals surface area contributed by atoms with E-state index in [1.165, 1.54) is 0 Å². The van der Waals surface area contributed by atoms with Crippen molar-refractivity contribution in [1.29, 1.82) is 0 Å². The number of oxime groups is 1. The molecule has 0 aliphatic rings. The SMILES string of the molecule is CC(C)(C)OC(=O)CCc1cc(/C(Cl)=N/O)ccc1Br. The first kappa shape index (κ1) is 17.0. The second kappa shape index (κ2) is 7.09. The van der Waals surface area contributed by atoms with Gasteiger partial charge in [-0.05, 0) is 44.9 Å². The van der Waals surface area contributed by atoms with Crippen molar-refractivity contribution in [2.45, 2.75) is 39.2 Å². The Morgan fingerprint density at radius 1 is 1.45 bits per heavy atom. The Balaban J connectivity index is 2.75. The fourth-order valence-electron chi connectivity index (χ4n) is 1.58. The molecule has 0 aliphatic heterocycles. The number of nitrogens with zero attached hydrogens (tertiary/aromatic N) is 1. The summed E-state index contributed by atoms with van der Waals surface area (Å²) in [6, 6.07) is 5.30. The summed E-state index contributed by atoms with van der Waals surface area (Å²) in [7, 11) is 0. The molecule has 20 heavy (non-hydrogen) atoms. The third-order valence-corrected chi connectivity index (χ3v) is 3.46. The monoisotopic (exact) mass is 361 g/mol. The fourth-order valence-corrected chi connectivity index (χ4v) is 2.14. The predicted octanol–water partition coefficient (Wildman–Crippen LogP) is 4.10. The molecule has 0 saturated heterocycles. The number of aryl methyl sites for hydroxylation is 1. The van der Waals surface area contributed by atoms with Crippen molar-refractivity contribution in [1.82, 2.24) is 0 Å². The van der Waals surface area contributed by atoms with Gasteiger partial charge in [-0.15, -0.1) is 0 Å². The average Bonchev–Trinajstić information content (AvgIpc) is 2.34. The first-order valence-corrected chi connectivity index (χ1v) is 7.28. The molecule has 0 amide bonds. The molecule has 0 spiro atoms. The molecule has 0 unspecified atom stereocenters. The maximum atomic E-state index is 11.7. The zero-order chi connectivity index (χ0) is 15.3. The van der Waals surface area contributed by atoms with E-state index in [1.54, 1.807) is 18.2 Å². The topological polar surface area (TPSA) is 58.9 Å².